The summed E-state index contributed by atoms with van der Waals surface area (Å²) >= 11 is 0. The molecule has 5 heteroatoms. The maximum Gasteiger partial charge on any atom is 0.119 e. The molecule has 0 saturated carbocycles. The summed E-state index contributed by atoms with van der Waals surface area (Å²) in [6, 6.07) is 8.49. The van der Waals surface area contributed by atoms with Gasteiger partial charge in [-0.05, 0) is 30.7 Å². The summed E-state index contributed by atoms with van der Waals surface area (Å²) in [7, 11) is 3.42. The Morgan fingerprint density at radius 1 is 1.10 bits per heavy atom. The van der Waals surface area contributed by atoms with Crippen molar-refractivity contribution < 1.29 is 9.47 Å². The highest BCUT2D eigenvalue weighted by atomic mass is 16.5. The average molecular weight is 293 g/mol. The first kappa shape index (κ1) is 16.1. The molecular formula is C16H27N3O2. The molecule has 0 spiro atoms. The van der Waals surface area contributed by atoms with Crippen LogP contribution in [0.25, 0.3) is 0 Å². The first-order chi connectivity index (χ1) is 10.2. The fourth-order valence-corrected chi connectivity index (χ4v) is 2.67. The molecule has 2 rings (SSSR count). The highest BCUT2D eigenvalue weighted by Crippen LogP contribution is 2.20. The van der Waals surface area contributed by atoms with Crippen LogP contribution in [-0.4, -0.2) is 64.5 Å². The third-order valence-electron chi connectivity index (χ3n) is 4.00. The Morgan fingerprint density at radius 3 is 2.33 bits per heavy atom. The average Bonchev–Trinajstić information content (AvgIpc) is 2.54. The SMILES string of the molecule is COCCC(N)CN1CCN(c2ccc(OC)cc2)CC1. The van der Waals surface area contributed by atoms with Gasteiger partial charge < -0.3 is 20.1 Å². The molecule has 1 aliphatic rings. The maximum atomic E-state index is 6.12. The molecule has 1 atom stereocenters. The molecular weight excluding hydrogens is 266 g/mol. The van der Waals surface area contributed by atoms with E-state index in [0.29, 0.717) is 0 Å². The third kappa shape index (κ3) is 4.88. The molecule has 1 aromatic carbocycles. The van der Waals surface area contributed by atoms with Crippen molar-refractivity contribution in [1.82, 2.24) is 4.90 Å². The van der Waals surface area contributed by atoms with Crippen LogP contribution in [0, 0.1) is 0 Å². The van der Waals surface area contributed by atoms with Crippen LogP contribution in [0.5, 0.6) is 5.75 Å². The van der Waals surface area contributed by atoms with Crippen LogP contribution in [0.2, 0.25) is 0 Å². The van der Waals surface area contributed by atoms with Crippen LogP contribution >= 0.6 is 0 Å². The largest absolute Gasteiger partial charge is 0.497 e. The normalized spacial score (nSPS) is 17.8. The van der Waals surface area contributed by atoms with E-state index < -0.39 is 0 Å². The van der Waals surface area contributed by atoms with Crippen molar-refractivity contribution in [3.63, 3.8) is 0 Å². The number of nitrogens with zero attached hydrogens (tertiary/aromatic N) is 2. The zero-order chi connectivity index (χ0) is 15.1. The fourth-order valence-electron chi connectivity index (χ4n) is 2.67. The summed E-state index contributed by atoms with van der Waals surface area (Å²) in [4.78, 5) is 4.86. The third-order valence-corrected chi connectivity index (χ3v) is 4.00. The van der Waals surface area contributed by atoms with Gasteiger partial charge in [0.1, 0.15) is 5.75 Å². The van der Waals surface area contributed by atoms with E-state index in [2.05, 4.69) is 21.9 Å². The number of ether oxygens (including phenoxy) is 2. The quantitative estimate of drug-likeness (QED) is 0.818. The van der Waals surface area contributed by atoms with E-state index >= 15 is 0 Å². The van der Waals surface area contributed by atoms with Gasteiger partial charge in [0.25, 0.3) is 0 Å². The van der Waals surface area contributed by atoms with Crippen molar-refractivity contribution >= 4 is 5.69 Å². The number of anilines is 1. The Hall–Kier alpha value is -1.30. The number of methoxy groups -OCH3 is 2. The highest BCUT2D eigenvalue weighted by Gasteiger charge is 2.18. The molecule has 0 aromatic heterocycles. The Kier molecular flexibility index (Phi) is 6.29. The second kappa shape index (κ2) is 8.22. The number of benzene rings is 1. The molecule has 0 radical (unpaired) electrons. The molecule has 1 saturated heterocycles. The summed E-state index contributed by atoms with van der Waals surface area (Å²) in [5, 5.41) is 0. The molecule has 5 nitrogen and oxygen atoms in total. The molecule has 0 bridgehead atoms. The van der Waals surface area contributed by atoms with Gasteiger partial charge in [0, 0.05) is 58.2 Å². The second-order valence-corrected chi connectivity index (χ2v) is 5.53. The van der Waals surface area contributed by atoms with E-state index in [1.807, 2.05) is 12.1 Å². The van der Waals surface area contributed by atoms with Crippen LogP contribution in [0.15, 0.2) is 24.3 Å². The number of piperazine rings is 1. The lowest BCUT2D eigenvalue weighted by Crippen LogP contribution is -2.50. The molecule has 21 heavy (non-hydrogen) atoms. The lowest BCUT2D eigenvalue weighted by Gasteiger charge is -2.37. The minimum Gasteiger partial charge on any atom is -0.497 e. The van der Waals surface area contributed by atoms with Crippen molar-refractivity contribution in [1.29, 1.82) is 0 Å². The first-order valence-electron chi connectivity index (χ1n) is 7.59. The van der Waals surface area contributed by atoms with Gasteiger partial charge in [-0.1, -0.05) is 0 Å². The molecule has 0 amide bonds. The van der Waals surface area contributed by atoms with E-state index in [9.17, 15) is 0 Å². The maximum absolute atomic E-state index is 6.12. The van der Waals surface area contributed by atoms with Gasteiger partial charge in [0.15, 0.2) is 0 Å². The second-order valence-electron chi connectivity index (χ2n) is 5.53. The van der Waals surface area contributed by atoms with Gasteiger partial charge in [-0.15, -0.1) is 0 Å². The molecule has 1 heterocycles. The van der Waals surface area contributed by atoms with Gasteiger partial charge in [0.05, 0.1) is 7.11 Å². The van der Waals surface area contributed by atoms with Crippen LogP contribution in [0.3, 0.4) is 0 Å². The Balaban J connectivity index is 1.77. The van der Waals surface area contributed by atoms with E-state index in [1.54, 1.807) is 14.2 Å². The molecule has 1 aromatic rings. The van der Waals surface area contributed by atoms with Crippen molar-refractivity contribution in [2.75, 3.05) is 58.5 Å². The van der Waals surface area contributed by atoms with Crippen LogP contribution < -0.4 is 15.4 Å². The lowest BCUT2D eigenvalue weighted by atomic mass is 10.2. The lowest BCUT2D eigenvalue weighted by molar-refractivity contribution is 0.172. The fraction of sp³-hybridized carbons (Fsp3) is 0.625. The van der Waals surface area contributed by atoms with Gasteiger partial charge in [-0.3, -0.25) is 4.90 Å². The monoisotopic (exact) mass is 293 g/mol. The standard InChI is InChI=1S/C16H27N3O2/c1-20-12-7-14(17)13-18-8-10-19(11-9-18)15-3-5-16(21-2)6-4-15/h3-6,14H,7-13,17H2,1-2H3. The predicted molar refractivity (Wildman–Crippen MR) is 86.1 cm³/mol. The number of nitrogens with two attached hydrogens (primary N) is 1. The molecule has 2 N–H and O–H groups in total. The van der Waals surface area contributed by atoms with E-state index in [0.717, 1.165) is 51.5 Å². The summed E-state index contributed by atoms with van der Waals surface area (Å²) in [5.74, 6) is 0.904. The Morgan fingerprint density at radius 2 is 1.76 bits per heavy atom. The van der Waals surface area contributed by atoms with Crippen LogP contribution in [0.1, 0.15) is 6.42 Å². The van der Waals surface area contributed by atoms with E-state index in [4.69, 9.17) is 15.2 Å². The molecule has 0 aliphatic carbocycles. The van der Waals surface area contributed by atoms with Gasteiger partial charge >= 0.3 is 0 Å². The summed E-state index contributed by atoms with van der Waals surface area (Å²) < 4.78 is 10.3. The minimum atomic E-state index is 0.206. The van der Waals surface area contributed by atoms with Crippen molar-refractivity contribution in [3.8, 4) is 5.75 Å². The number of hydrogen-bond acceptors (Lipinski definition) is 5. The van der Waals surface area contributed by atoms with E-state index in [-0.39, 0.29) is 6.04 Å². The minimum absolute atomic E-state index is 0.206. The topological polar surface area (TPSA) is 51.0 Å². The molecule has 1 fully saturated rings. The van der Waals surface area contributed by atoms with Gasteiger partial charge in [-0.2, -0.15) is 0 Å². The van der Waals surface area contributed by atoms with Crippen molar-refractivity contribution in [2.45, 2.75) is 12.5 Å². The number of hydrogen-bond donors (Lipinski definition) is 1. The zero-order valence-corrected chi connectivity index (χ0v) is 13.1. The van der Waals surface area contributed by atoms with Gasteiger partial charge in [-0.25, -0.2) is 0 Å². The Bertz CT molecular complexity index is 402. The van der Waals surface area contributed by atoms with Gasteiger partial charge in [0.2, 0.25) is 0 Å². The summed E-state index contributed by atoms with van der Waals surface area (Å²) in [5.41, 5.74) is 7.38. The first-order valence-corrected chi connectivity index (χ1v) is 7.59. The predicted octanol–water partition coefficient (Wildman–Crippen LogP) is 1.18. The smallest absolute Gasteiger partial charge is 0.119 e. The molecule has 1 aliphatic heterocycles. The zero-order valence-electron chi connectivity index (χ0n) is 13.1. The van der Waals surface area contributed by atoms with E-state index in [1.165, 1.54) is 5.69 Å². The highest BCUT2D eigenvalue weighted by molar-refractivity contribution is 5.49. The van der Waals surface area contributed by atoms with Crippen molar-refractivity contribution in [3.05, 3.63) is 24.3 Å². The molecule has 118 valence electrons. The molecule has 1 unspecified atom stereocenters. The summed E-state index contributed by atoms with van der Waals surface area (Å²) in [6.45, 7) is 5.92. The van der Waals surface area contributed by atoms with Crippen LogP contribution in [0.4, 0.5) is 5.69 Å². The van der Waals surface area contributed by atoms with Crippen molar-refractivity contribution in [2.24, 2.45) is 5.73 Å². The number of rotatable bonds is 7. The Labute approximate surface area is 127 Å². The van der Waals surface area contributed by atoms with Crippen LogP contribution in [-0.2, 0) is 4.74 Å². The summed E-state index contributed by atoms with van der Waals surface area (Å²) in [6.07, 6.45) is 0.926.